The Labute approximate surface area is 115 Å². The first-order valence-electron chi connectivity index (χ1n) is 6.98. The number of thiophene rings is 1. The number of rotatable bonds is 6. The molecule has 2 nitrogen and oxygen atoms in total. The molecule has 1 aliphatic rings. The maximum absolute atomic E-state index is 5.83. The lowest BCUT2D eigenvalue weighted by Gasteiger charge is -2.33. The van der Waals surface area contributed by atoms with Crippen molar-refractivity contribution >= 4 is 11.3 Å². The molecule has 1 aliphatic heterocycles. The summed E-state index contributed by atoms with van der Waals surface area (Å²) < 4.78 is 5.83. The van der Waals surface area contributed by atoms with Gasteiger partial charge in [0.25, 0.3) is 0 Å². The summed E-state index contributed by atoms with van der Waals surface area (Å²) in [5.74, 6) is 0. The zero-order valence-electron chi connectivity index (χ0n) is 11.7. The summed E-state index contributed by atoms with van der Waals surface area (Å²) in [4.78, 5) is 0. The minimum Gasteiger partial charge on any atom is -0.378 e. The fourth-order valence-corrected chi connectivity index (χ4v) is 3.41. The molecule has 18 heavy (non-hydrogen) atoms. The van der Waals surface area contributed by atoms with Crippen molar-refractivity contribution in [1.82, 2.24) is 5.32 Å². The Kier molecular flexibility index (Phi) is 4.82. The molecule has 102 valence electrons. The average Bonchev–Trinajstić information content (AvgIpc) is 2.95. The predicted octanol–water partition coefficient (Wildman–Crippen LogP) is 3.47. The van der Waals surface area contributed by atoms with E-state index in [4.69, 9.17) is 4.74 Å². The van der Waals surface area contributed by atoms with Crippen molar-refractivity contribution in [2.45, 2.75) is 52.2 Å². The van der Waals surface area contributed by atoms with Gasteiger partial charge < -0.3 is 10.1 Å². The molecule has 3 heteroatoms. The van der Waals surface area contributed by atoms with Crippen LogP contribution in [0.15, 0.2) is 16.8 Å². The molecule has 0 saturated carbocycles. The maximum Gasteiger partial charge on any atom is 0.0616 e. The molecule has 2 unspecified atom stereocenters. The van der Waals surface area contributed by atoms with Crippen LogP contribution in [0.25, 0.3) is 0 Å². The van der Waals surface area contributed by atoms with Crippen molar-refractivity contribution in [3.8, 4) is 0 Å². The van der Waals surface area contributed by atoms with E-state index >= 15 is 0 Å². The lowest BCUT2D eigenvalue weighted by Crippen LogP contribution is -2.42. The van der Waals surface area contributed by atoms with Crippen LogP contribution in [0.5, 0.6) is 0 Å². The molecular weight excluding hydrogens is 242 g/mol. The quantitative estimate of drug-likeness (QED) is 0.852. The molecule has 1 saturated heterocycles. The Morgan fingerprint density at radius 1 is 1.56 bits per heavy atom. The smallest absolute Gasteiger partial charge is 0.0616 e. The molecule has 0 amide bonds. The Morgan fingerprint density at radius 3 is 2.94 bits per heavy atom. The number of nitrogens with one attached hydrogen (secondary N) is 1. The van der Waals surface area contributed by atoms with Crippen molar-refractivity contribution in [2.75, 3.05) is 13.2 Å². The number of hydrogen-bond acceptors (Lipinski definition) is 3. The molecule has 1 fully saturated rings. The molecule has 2 heterocycles. The molecule has 0 aromatic carbocycles. The molecule has 0 aliphatic carbocycles. The Morgan fingerprint density at radius 2 is 2.39 bits per heavy atom. The van der Waals surface area contributed by atoms with Crippen LogP contribution in [0.1, 0.15) is 39.2 Å². The van der Waals surface area contributed by atoms with Crippen molar-refractivity contribution in [1.29, 1.82) is 0 Å². The van der Waals surface area contributed by atoms with Crippen LogP contribution in [-0.4, -0.2) is 25.3 Å². The zero-order chi connectivity index (χ0) is 13.0. The van der Waals surface area contributed by atoms with Gasteiger partial charge in [0.05, 0.1) is 6.10 Å². The van der Waals surface area contributed by atoms with Gasteiger partial charge in [-0.1, -0.05) is 13.8 Å². The summed E-state index contributed by atoms with van der Waals surface area (Å²) in [6, 6.07) is 2.80. The zero-order valence-corrected chi connectivity index (χ0v) is 12.6. The fourth-order valence-electron chi connectivity index (χ4n) is 2.70. The Bertz CT molecular complexity index is 349. The molecule has 1 N–H and O–H groups in total. The molecule has 1 aromatic heterocycles. The molecule has 0 radical (unpaired) electrons. The monoisotopic (exact) mass is 267 g/mol. The molecular formula is C15H25NOS. The SMILES string of the molecule is CC(C)NCC1(CCc2ccsc2)CCOC1C. The van der Waals surface area contributed by atoms with Crippen LogP contribution >= 0.6 is 11.3 Å². The predicted molar refractivity (Wildman–Crippen MR) is 78.2 cm³/mol. The second-order valence-electron chi connectivity index (χ2n) is 5.79. The van der Waals surface area contributed by atoms with Crippen molar-refractivity contribution in [3.63, 3.8) is 0 Å². The Hall–Kier alpha value is -0.380. The van der Waals surface area contributed by atoms with Gasteiger partial charge in [0.1, 0.15) is 0 Å². The normalized spacial score (nSPS) is 28.1. The average molecular weight is 267 g/mol. The van der Waals surface area contributed by atoms with Crippen LogP contribution in [0.3, 0.4) is 0 Å². The number of hydrogen-bond donors (Lipinski definition) is 1. The van der Waals surface area contributed by atoms with Gasteiger partial charge in [-0.05, 0) is 48.6 Å². The minimum atomic E-state index is 0.326. The standard InChI is InChI=1S/C15H25NOS/c1-12(2)16-11-15(7-8-17-13(15)3)6-4-14-5-9-18-10-14/h5,9-10,12-13,16H,4,6-8,11H2,1-3H3. The van der Waals surface area contributed by atoms with Gasteiger partial charge in [-0.3, -0.25) is 0 Å². The van der Waals surface area contributed by atoms with Gasteiger partial charge in [0.2, 0.25) is 0 Å². The maximum atomic E-state index is 5.83. The van der Waals surface area contributed by atoms with E-state index in [0.29, 0.717) is 17.6 Å². The third-order valence-corrected chi connectivity index (χ3v) is 4.92. The fraction of sp³-hybridized carbons (Fsp3) is 0.733. The summed E-state index contributed by atoms with van der Waals surface area (Å²) in [6.07, 6.45) is 3.97. The van der Waals surface area contributed by atoms with E-state index in [1.807, 2.05) is 0 Å². The second-order valence-corrected chi connectivity index (χ2v) is 6.57. The molecule has 1 aromatic rings. The largest absolute Gasteiger partial charge is 0.378 e. The minimum absolute atomic E-state index is 0.326. The third-order valence-electron chi connectivity index (χ3n) is 4.18. The van der Waals surface area contributed by atoms with E-state index in [9.17, 15) is 0 Å². The molecule has 0 spiro atoms. The summed E-state index contributed by atoms with van der Waals surface area (Å²) in [6.45, 7) is 8.67. The van der Waals surface area contributed by atoms with Gasteiger partial charge in [-0.25, -0.2) is 0 Å². The summed E-state index contributed by atoms with van der Waals surface area (Å²) in [7, 11) is 0. The summed E-state index contributed by atoms with van der Waals surface area (Å²) in [5, 5.41) is 8.05. The first kappa shape index (κ1) is 14.0. The first-order chi connectivity index (χ1) is 8.62. The van der Waals surface area contributed by atoms with Crippen molar-refractivity contribution < 1.29 is 4.74 Å². The summed E-state index contributed by atoms with van der Waals surface area (Å²) >= 11 is 1.79. The summed E-state index contributed by atoms with van der Waals surface area (Å²) in [5.41, 5.74) is 1.80. The molecule has 2 rings (SSSR count). The number of ether oxygens (including phenoxy) is 1. The molecule has 2 atom stereocenters. The van der Waals surface area contributed by atoms with Crippen LogP contribution in [-0.2, 0) is 11.2 Å². The van der Waals surface area contributed by atoms with E-state index in [-0.39, 0.29) is 0 Å². The lowest BCUT2D eigenvalue weighted by atomic mass is 9.76. The van der Waals surface area contributed by atoms with Crippen LogP contribution in [0.2, 0.25) is 0 Å². The van der Waals surface area contributed by atoms with Crippen LogP contribution < -0.4 is 5.32 Å². The highest BCUT2D eigenvalue weighted by molar-refractivity contribution is 7.07. The van der Waals surface area contributed by atoms with Gasteiger partial charge in [0, 0.05) is 24.6 Å². The van der Waals surface area contributed by atoms with Gasteiger partial charge in [-0.2, -0.15) is 11.3 Å². The van der Waals surface area contributed by atoms with Gasteiger partial charge in [0.15, 0.2) is 0 Å². The number of aryl methyl sites for hydroxylation is 1. The molecule has 0 bridgehead atoms. The van der Waals surface area contributed by atoms with E-state index in [1.54, 1.807) is 11.3 Å². The second kappa shape index (κ2) is 6.18. The Balaban J connectivity index is 1.96. The van der Waals surface area contributed by atoms with Gasteiger partial charge in [-0.15, -0.1) is 0 Å². The van der Waals surface area contributed by atoms with Crippen LogP contribution in [0, 0.1) is 5.41 Å². The van der Waals surface area contributed by atoms with Crippen molar-refractivity contribution in [2.24, 2.45) is 5.41 Å². The van der Waals surface area contributed by atoms with Gasteiger partial charge >= 0.3 is 0 Å². The highest BCUT2D eigenvalue weighted by Crippen LogP contribution is 2.39. The topological polar surface area (TPSA) is 21.3 Å². The van der Waals surface area contributed by atoms with E-state index < -0.39 is 0 Å². The van der Waals surface area contributed by atoms with E-state index in [2.05, 4.69) is 42.9 Å². The third kappa shape index (κ3) is 3.34. The lowest BCUT2D eigenvalue weighted by molar-refractivity contribution is 0.0576. The van der Waals surface area contributed by atoms with Crippen LogP contribution in [0.4, 0.5) is 0 Å². The highest BCUT2D eigenvalue weighted by atomic mass is 32.1. The van der Waals surface area contributed by atoms with E-state index in [0.717, 1.165) is 13.2 Å². The highest BCUT2D eigenvalue weighted by Gasteiger charge is 2.40. The van der Waals surface area contributed by atoms with Crippen molar-refractivity contribution in [3.05, 3.63) is 22.4 Å². The first-order valence-corrected chi connectivity index (χ1v) is 7.93. The van der Waals surface area contributed by atoms with E-state index in [1.165, 1.54) is 24.8 Å².